The topological polar surface area (TPSA) is 32.3 Å². The van der Waals surface area contributed by atoms with Gasteiger partial charge in [0.15, 0.2) is 0 Å². The number of carbonyl (C=O) groups is 1. The van der Waals surface area contributed by atoms with Gasteiger partial charge in [0.2, 0.25) is 5.91 Å². The van der Waals surface area contributed by atoms with Gasteiger partial charge in [-0.15, -0.1) is 11.3 Å². The summed E-state index contributed by atoms with van der Waals surface area (Å²) in [6.45, 7) is 5.54. The third-order valence-corrected chi connectivity index (χ3v) is 5.30. The van der Waals surface area contributed by atoms with Crippen molar-refractivity contribution in [3.05, 3.63) is 51.7 Å². The number of rotatable bonds is 4. The van der Waals surface area contributed by atoms with Crippen LogP contribution in [0.4, 0.5) is 5.69 Å². The number of hydrogen-bond donors (Lipinski definition) is 1. The zero-order valence-corrected chi connectivity index (χ0v) is 14.0. The van der Waals surface area contributed by atoms with E-state index in [4.69, 9.17) is 0 Å². The van der Waals surface area contributed by atoms with Crippen molar-refractivity contribution in [2.45, 2.75) is 32.7 Å². The first-order chi connectivity index (χ1) is 10.6. The molecule has 1 amide bonds. The predicted octanol–water partition coefficient (Wildman–Crippen LogP) is 4.14. The van der Waals surface area contributed by atoms with Gasteiger partial charge in [0.1, 0.15) is 0 Å². The van der Waals surface area contributed by atoms with Crippen LogP contribution < -0.4 is 5.32 Å². The molecule has 1 fully saturated rings. The minimum atomic E-state index is 0.0841. The summed E-state index contributed by atoms with van der Waals surface area (Å²) in [4.78, 5) is 16.1. The first-order valence-corrected chi connectivity index (χ1v) is 8.66. The fourth-order valence-corrected chi connectivity index (χ4v) is 4.09. The van der Waals surface area contributed by atoms with E-state index < -0.39 is 0 Å². The van der Waals surface area contributed by atoms with Crippen molar-refractivity contribution in [3.8, 4) is 0 Å². The number of amides is 1. The smallest absolute Gasteiger partial charge is 0.238 e. The maximum absolute atomic E-state index is 12.4. The third-order valence-electron chi connectivity index (χ3n) is 4.33. The highest BCUT2D eigenvalue weighted by molar-refractivity contribution is 7.10. The molecule has 0 spiro atoms. The van der Waals surface area contributed by atoms with E-state index in [2.05, 4.69) is 27.7 Å². The van der Waals surface area contributed by atoms with Crippen molar-refractivity contribution in [1.29, 1.82) is 0 Å². The van der Waals surface area contributed by atoms with Crippen molar-refractivity contribution in [1.82, 2.24) is 4.90 Å². The minimum absolute atomic E-state index is 0.0841. The van der Waals surface area contributed by atoms with Crippen LogP contribution in [0.1, 0.15) is 34.9 Å². The average molecular weight is 314 g/mol. The molecule has 2 aromatic rings. The van der Waals surface area contributed by atoms with E-state index in [1.807, 2.05) is 32.0 Å². The molecule has 1 N–H and O–H groups in total. The molecule has 2 heterocycles. The molecule has 0 radical (unpaired) electrons. The molecule has 3 rings (SSSR count). The van der Waals surface area contributed by atoms with E-state index in [-0.39, 0.29) is 5.91 Å². The Kier molecular flexibility index (Phi) is 4.60. The van der Waals surface area contributed by atoms with Crippen LogP contribution in [0.3, 0.4) is 0 Å². The van der Waals surface area contributed by atoms with Gasteiger partial charge < -0.3 is 5.32 Å². The van der Waals surface area contributed by atoms with Gasteiger partial charge in [0.05, 0.1) is 6.54 Å². The molecule has 0 aliphatic carbocycles. The Morgan fingerprint density at radius 3 is 2.73 bits per heavy atom. The molecule has 0 bridgehead atoms. The molecule has 0 saturated carbocycles. The van der Waals surface area contributed by atoms with Crippen LogP contribution in [0.25, 0.3) is 0 Å². The molecular formula is C18H22N2OS. The number of carbonyl (C=O) groups excluding carboxylic acids is 1. The van der Waals surface area contributed by atoms with Gasteiger partial charge in [-0.25, -0.2) is 0 Å². The molecule has 1 aromatic heterocycles. The molecule has 1 saturated heterocycles. The SMILES string of the molecule is Cc1cccc(C)c1NC(=O)CN1CCC[C@@H]1c1cccs1. The Labute approximate surface area is 136 Å². The van der Waals surface area contributed by atoms with E-state index in [0.29, 0.717) is 12.6 Å². The van der Waals surface area contributed by atoms with Crippen LogP contribution in [-0.2, 0) is 4.79 Å². The number of para-hydroxylation sites is 1. The lowest BCUT2D eigenvalue weighted by molar-refractivity contribution is -0.117. The first-order valence-electron chi connectivity index (χ1n) is 7.78. The number of nitrogens with zero attached hydrogens (tertiary/aromatic N) is 1. The second kappa shape index (κ2) is 6.63. The molecule has 1 atom stereocenters. The van der Waals surface area contributed by atoms with E-state index in [1.165, 1.54) is 11.3 Å². The summed E-state index contributed by atoms with van der Waals surface area (Å²) in [5, 5.41) is 5.21. The Bertz CT molecular complexity index is 631. The van der Waals surface area contributed by atoms with E-state index in [9.17, 15) is 4.79 Å². The summed E-state index contributed by atoms with van der Waals surface area (Å²) in [5.41, 5.74) is 3.19. The van der Waals surface area contributed by atoms with Crippen molar-refractivity contribution in [2.24, 2.45) is 0 Å². The summed E-state index contributed by atoms with van der Waals surface area (Å²) in [5.74, 6) is 0.0841. The Morgan fingerprint density at radius 2 is 2.05 bits per heavy atom. The van der Waals surface area contributed by atoms with Gasteiger partial charge >= 0.3 is 0 Å². The highest BCUT2D eigenvalue weighted by Crippen LogP contribution is 2.34. The number of hydrogen-bond acceptors (Lipinski definition) is 3. The number of anilines is 1. The monoisotopic (exact) mass is 314 g/mol. The summed E-state index contributed by atoms with van der Waals surface area (Å²) < 4.78 is 0. The molecule has 22 heavy (non-hydrogen) atoms. The zero-order valence-electron chi connectivity index (χ0n) is 13.1. The average Bonchev–Trinajstić information content (AvgIpc) is 3.13. The van der Waals surface area contributed by atoms with Crippen LogP contribution in [0.2, 0.25) is 0 Å². The molecule has 116 valence electrons. The van der Waals surface area contributed by atoms with Crippen LogP contribution in [0, 0.1) is 13.8 Å². The number of nitrogens with one attached hydrogen (secondary N) is 1. The quantitative estimate of drug-likeness (QED) is 0.920. The Balaban J connectivity index is 1.67. The van der Waals surface area contributed by atoms with Crippen LogP contribution in [0.5, 0.6) is 0 Å². The lowest BCUT2D eigenvalue weighted by Crippen LogP contribution is -2.33. The lowest BCUT2D eigenvalue weighted by Gasteiger charge is -2.23. The van der Waals surface area contributed by atoms with Gasteiger partial charge in [0, 0.05) is 16.6 Å². The van der Waals surface area contributed by atoms with E-state index in [1.54, 1.807) is 11.3 Å². The Morgan fingerprint density at radius 1 is 1.27 bits per heavy atom. The summed E-state index contributed by atoms with van der Waals surface area (Å²) in [7, 11) is 0. The Hall–Kier alpha value is -1.65. The fraction of sp³-hybridized carbons (Fsp3) is 0.389. The number of benzene rings is 1. The highest BCUT2D eigenvalue weighted by atomic mass is 32.1. The number of aryl methyl sites for hydroxylation is 2. The first kappa shape index (κ1) is 15.3. The highest BCUT2D eigenvalue weighted by Gasteiger charge is 2.28. The molecule has 1 aromatic carbocycles. The van der Waals surface area contributed by atoms with Crippen LogP contribution >= 0.6 is 11.3 Å². The molecule has 3 nitrogen and oxygen atoms in total. The lowest BCUT2D eigenvalue weighted by atomic mass is 10.1. The molecule has 1 aliphatic rings. The largest absolute Gasteiger partial charge is 0.324 e. The molecule has 1 aliphatic heterocycles. The van der Waals surface area contributed by atoms with Gasteiger partial charge in [0.25, 0.3) is 0 Å². The van der Waals surface area contributed by atoms with Crippen LogP contribution in [-0.4, -0.2) is 23.9 Å². The van der Waals surface area contributed by atoms with Crippen molar-refractivity contribution >= 4 is 22.9 Å². The van der Waals surface area contributed by atoms with E-state index in [0.717, 1.165) is 29.8 Å². The van der Waals surface area contributed by atoms with E-state index >= 15 is 0 Å². The fourth-order valence-electron chi connectivity index (χ4n) is 3.19. The molecule has 0 unspecified atom stereocenters. The minimum Gasteiger partial charge on any atom is -0.324 e. The third kappa shape index (κ3) is 3.23. The maximum Gasteiger partial charge on any atom is 0.238 e. The normalized spacial score (nSPS) is 18.5. The van der Waals surface area contributed by atoms with Crippen molar-refractivity contribution < 1.29 is 4.79 Å². The standard InChI is InChI=1S/C18H22N2OS/c1-13-6-3-7-14(2)18(13)19-17(21)12-20-10-4-8-15(20)16-9-5-11-22-16/h3,5-7,9,11,15H,4,8,10,12H2,1-2H3,(H,19,21)/t15-/m1/s1. The second-order valence-corrected chi connectivity index (χ2v) is 6.94. The van der Waals surface area contributed by atoms with Crippen molar-refractivity contribution in [3.63, 3.8) is 0 Å². The predicted molar refractivity (Wildman–Crippen MR) is 92.4 cm³/mol. The zero-order chi connectivity index (χ0) is 15.5. The van der Waals surface area contributed by atoms with Crippen LogP contribution in [0.15, 0.2) is 35.7 Å². The van der Waals surface area contributed by atoms with Gasteiger partial charge in [-0.1, -0.05) is 24.3 Å². The summed E-state index contributed by atoms with van der Waals surface area (Å²) in [6, 6.07) is 10.8. The summed E-state index contributed by atoms with van der Waals surface area (Å²) in [6.07, 6.45) is 2.32. The second-order valence-electron chi connectivity index (χ2n) is 5.96. The molecular weight excluding hydrogens is 292 g/mol. The number of likely N-dealkylation sites (tertiary alicyclic amines) is 1. The molecule has 4 heteroatoms. The summed E-state index contributed by atoms with van der Waals surface area (Å²) >= 11 is 1.79. The van der Waals surface area contributed by atoms with Gasteiger partial charge in [-0.05, 0) is 55.8 Å². The van der Waals surface area contributed by atoms with Gasteiger partial charge in [-0.3, -0.25) is 9.69 Å². The number of thiophene rings is 1. The van der Waals surface area contributed by atoms with Crippen molar-refractivity contribution in [2.75, 3.05) is 18.4 Å². The van der Waals surface area contributed by atoms with Gasteiger partial charge in [-0.2, -0.15) is 0 Å². The maximum atomic E-state index is 12.4.